The number of piperidine rings is 1. The Hall–Kier alpha value is -1.74. The first kappa shape index (κ1) is 24.5. The van der Waals surface area contributed by atoms with Gasteiger partial charge in [0.05, 0.1) is 17.2 Å². The van der Waals surface area contributed by atoms with Crippen LogP contribution in [0.25, 0.3) is 6.08 Å². The first-order valence-corrected chi connectivity index (χ1v) is 11.4. The summed E-state index contributed by atoms with van der Waals surface area (Å²) in [5.41, 5.74) is 6.18. The quantitative estimate of drug-likeness (QED) is 0.358. The third kappa shape index (κ3) is 6.14. The molecule has 3 N–H and O–H groups in total. The Morgan fingerprint density at radius 2 is 1.97 bits per heavy atom. The maximum atomic E-state index is 12.5. The zero-order valence-electron chi connectivity index (χ0n) is 16.8. The predicted molar refractivity (Wildman–Crippen MR) is 120 cm³/mol. The fraction of sp³-hybridized carbons (Fsp3) is 0.450. The van der Waals surface area contributed by atoms with Gasteiger partial charge in [0, 0.05) is 36.5 Å². The number of nitrogens with two attached hydrogens (primary N) is 1. The Bertz CT molecular complexity index is 827. The molecule has 10 heteroatoms. The summed E-state index contributed by atoms with van der Waals surface area (Å²) in [6.07, 6.45) is 6.00. The number of thioether (sulfide) groups is 1. The summed E-state index contributed by atoms with van der Waals surface area (Å²) in [5.74, 6) is -1.28. The number of nitrogens with zero attached hydrogens (tertiary/aromatic N) is 1. The van der Waals surface area contributed by atoms with Crippen molar-refractivity contribution >= 4 is 58.8 Å². The van der Waals surface area contributed by atoms with Crippen LogP contribution in [0.2, 0.25) is 10.0 Å². The number of carbonyl (C=O) groups is 3. The molecule has 0 spiro atoms. The molecular formula is C20H25Cl2N3O4S. The van der Waals surface area contributed by atoms with Gasteiger partial charge in [-0.15, -0.1) is 11.8 Å². The topological polar surface area (TPSA) is 102 Å². The van der Waals surface area contributed by atoms with E-state index in [-0.39, 0.29) is 24.3 Å². The third-order valence-electron chi connectivity index (χ3n) is 4.92. The molecule has 0 aromatic heterocycles. The number of amides is 2. The maximum Gasteiger partial charge on any atom is 0.329 e. The van der Waals surface area contributed by atoms with Gasteiger partial charge in [0.25, 0.3) is 0 Å². The second-order valence-corrected chi connectivity index (χ2v) is 8.34. The standard InChI is InChI=1S/C20H25Cl2N3O4S/c1-29-20(28)14(11-23)24-19(27)13-7-9-25(10-8-13)16(26)6-4-12-3-5-15(30-2)18(22)17(12)21/h3-6,13-14H,7-11,23H2,1-2H3,(H,24,27)/b6-4+/t14-/m0/s1. The van der Waals surface area contributed by atoms with E-state index >= 15 is 0 Å². The van der Waals surface area contributed by atoms with E-state index in [1.807, 2.05) is 18.4 Å². The van der Waals surface area contributed by atoms with E-state index in [1.54, 1.807) is 11.0 Å². The highest BCUT2D eigenvalue weighted by molar-refractivity contribution is 7.98. The average Bonchev–Trinajstić information content (AvgIpc) is 2.77. The van der Waals surface area contributed by atoms with Crippen LogP contribution in [0.4, 0.5) is 0 Å². The maximum absolute atomic E-state index is 12.5. The highest BCUT2D eigenvalue weighted by atomic mass is 35.5. The van der Waals surface area contributed by atoms with Gasteiger partial charge in [0.15, 0.2) is 0 Å². The number of hydrogen-bond acceptors (Lipinski definition) is 6. The number of benzene rings is 1. The monoisotopic (exact) mass is 473 g/mol. The van der Waals surface area contributed by atoms with Crippen molar-refractivity contribution in [2.75, 3.05) is 33.0 Å². The molecule has 30 heavy (non-hydrogen) atoms. The molecule has 0 aliphatic carbocycles. The van der Waals surface area contributed by atoms with Gasteiger partial charge >= 0.3 is 5.97 Å². The van der Waals surface area contributed by atoms with E-state index in [2.05, 4.69) is 10.1 Å². The molecule has 2 amide bonds. The van der Waals surface area contributed by atoms with Crippen LogP contribution in [0.15, 0.2) is 23.1 Å². The molecule has 0 unspecified atom stereocenters. The molecule has 7 nitrogen and oxygen atoms in total. The second-order valence-electron chi connectivity index (χ2n) is 6.74. The molecule has 1 atom stereocenters. The number of rotatable bonds is 7. The van der Waals surface area contributed by atoms with Crippen molar-refractivity contribution in [2.45, 2.75) is 23.8 Å². The van der Waals surface area contributed by atoms with Crippen LogP contribution in [0, 0.1) is 5.92 Å². The Kier molecular flexibility index (Phi) is 9.48. The molecule has 1 aromatic rings. The summed E-state index contributed by atoms with van der Waals surface area (Å²) in [6, 6.07) is 2.81. The molecule has 1 aromatic carbocycles. The number of methoxy groups -OCH3 is 1. The van der Waals surface area contributed by atoms with Crippen molar-refractivity contribution in [2.24, 2.45) is 11.7 Å². The van der Waals surface area contributed by atoms with Crippen molar-refractivity contribution in [1.29, 1.82) is 0 Å². The third-order valence-corrected chi connectivity index (χ3v) is 6.71. The van der Waals surface area contributed by atoms with Crippen molar-refractivity contribution < 1.29 is 19.1 Å². The molecule has 1 aliphatic rings. The van der Waals surface area contributed by atoms with Crippen LogP contribution in [0.5, 0.6) is 0 Å². The zero-order valence-corrected chi connectivity index (χ0v) is 19.1. The number of halogens is 2. The molecule has 164 valence electrons. The van der Waals surface area contributed by atoms with Gasteiger partial charge in [-0.1, -0.05) is 29.3 Å². The van der Waals surface area contributed by atoms with E-state index in [1.165, 1.54) is 24.9 Å². The Morgan fingerprint density at radius 1 is 1.30 bits per heavy atom. The van der Waals surface area contributed by atoms with Gasteiger partial charge in [-0.25, -0.2) is 4.79 Å². The lowest BCUT2D eigenvalue weighted by Gasteiger charge is -2.31. The lowest BCUT2D eigenvalue weighted by molar-refractivity contribution is -0.145. The number of hydrogen-bond donors (Lipinski definition) is 2. The normalized spacial score (nSPS) is 15.8. The molecule has 1 fully saturated rings. The largest absolute Gasteiger partial charge is 0.467 e. The number of esters is 1. The van der Waals surface area contributed by atoms with Gasteiger partial charge in [0.1, 0.15) is 6.04 Å². The zero-order chi connectivity index (χ0) is 22.3. The predicted octanol–water partition coefficient (Wildman–Crippen LogP) is 2.58. The van der Waals surface area contributed by atoms with Crippen LogP contribution >= 0.6 is 35.0 Å². The highest BCUT2D eigenvalue weighted by Gasteiger charge is 2.29. The van der Waals surface area contributed by atoms with Gasteiger partial charge in [0.2, 0.25) is 11.8 Å². The van der Waals surface area contributed by atoms with Crippen LogP contribution in [0.3, 0.4) is 0 Å². The van der Waals surface area contributed by atoms with E-state index in [9.17, 15) is 14.4 Å². The molecular weight excluding hydrogens is 449 g/mol. The Labute approximate surface area is 190 Å². The molecule has 1 aliphatic heterocycles. The fourth-order valence-corrected chi connectivity index (χ4v) is 4.28. The number of ether oxygens (including phenoxy) is 1. The van der Waals surface area contributed by atoms with Gasteiger partial charge in [-0.3, -0.25) is 9.59 Å². The molecule has 0 bridgehead atoms. The van der Waals surface area contributed by atoms with Gasteiger partial charge in [-0.2, -0.15) is 0 Å². The SMILES string of the molecule is COC(=O)[C@H](CN)NC(=O)C1CCN(C(=O)/C=C/c2ccc(SC)c(Cl)c2Cl)CC1. The van der Waals surface area contributed by atoms with Crippen molar-refractivity contribution in [3.8, 4) is 0 Å². The Balaban J connectivity index is 1.91. The summed E-state index contributed by atoms with van der Waals surface area (Å²) in [4.78, 5) is 39.0. The van der Waals surface area contributed by atoms with Gasteiger partial charge in [-0.05, 0) is 36.8 Å². The van der Waals surface area contributed by atoms with E-state index in [4.69, 9.17) is 28.9 Å². The molecule has 2 rings (SSSR count). The van der Waals surface area contributed by atoms with Gasteiger partial charge < -0.3 is 20.7 Å². The summed E-state index contributed by atoms with van der Waals surface area (Å²) in [7, 11) is 1.24. The number of carbonyl (C=O) groups excluding carboxylic acids is 3. The van der Waals surface area contributed by atoms with Crippen LogP contribution < -0.4 is 11.1 Å². The summed E-state index contributed by atoms with van der Waals surface area (Å²) in [5, 5.41) is 3.49. The number of likely N-dealkylation sites (tertiary alicyclic amines) is 1. The number of nitrogens with one attached hydrogen (secondary N) is 1. The minimum Gasteiger partial charge on any atom is -0.467 e. The second kappa shape index (κ2) is 11.6. The lowest BCUT2D eigenvalue weighted by atomic mass is 9.95. The fourth-order valence-electron chi connectivity index (χ4n) is 3.11. The Morgan fingerprint density at radius 3 is 2.53 bits per heavy atom. The average molecular weight is 474 g/mol. The van der Waals surface area contributed by atoms with Crippen molar-refractivity contribution in [1.82, 2.24) is 10.2 Å². The van der Waals surface area contributed by atoms with Crippen LogP contribution in [-0.2, 0) is 19.1 Å². The molecule has 1 saturated heterocycles. The summed E-state index contributed by atoms with van der Waals surface area (Å²) < 4.78 is 4.62. The van der Waals surface area contributed by atoms with E-state index < -0.39 is 12.0 Å². The first-order valence-electron chi connectivity index (χ1n) is 9.39. The highest BCUT2D eigenvalue weighted by Crippen LogP contribution is 2.35. The minimum absolute atomic E-state index is 0.0367. The lowest BCUT2D eigenvalue weighted by Crippen LogP contribution is -2.50. The molecule has 0 saturated carbocycles. The van der Waals surface area contributed by atoms with Crippen molar-refractivity contribution in [3.63, 3.8) is 0 Å². The summed E-state index contributed by atoms with van der Waals surface area (Å²) >= 11 is 14.0. The first-order chi connectivity index (χ1) is 14.3. The summed E-state index contributed by atoms with van der Waals surface area (Å²) in [6.45, 7) is 0.838. The minimum atomic E-state index is -0.862. The molecule has 0 radical (unpaired) electrons. The smallest absolute Gasteiger partial charge is 0.329 e. The van der Waals surface area contributed by atoms with Crippen LogP contribution in [0.1, 0.15) is 18.4 Å². The van der Waals surface area contributed by atoms with Crippen molar-refractivity contribution in [3.05, 3.63) is 33.8 Å². The van der Waals surface area contributed by atoms with E-state index in [0.29, 0.717) is 41.5 Å². The van der Waals surface area contributed by atoms with E-state index in [0.717, 1.165) is 4.90 Å². The molecule has 1 heterocycles. The van der Waals surface area contributed by atoms with Crippen LogP contribution in [-0.4, -0.2) is 61.7 Å².